The summed E-state index contributed by atoms with van der Waals surface area (Å²) in [6.07, 6.45) is 38.1. The maximum atomic E-state index is 12.1. The largest absolute Gasteiger partial charge is 0.356 e. The Morgan fingerprint density at radius 3 is 1.53 bits per heavy atom. The number of nitrogens with zero attached hydrogens (tertiary/aromatic N) is 2. The highest BCUT2D eigenvalue weighted by Gasteiger charge is 2.42. The molecule has 2 atom stereocenters. The number of hydrogen-bond acceptors (Lipinski definition) is 11. The van der Waals surface area contributed by atoms with Gasteiger partial charge in [-0.25, -0.2) is 4.79 Å². The van der Waals surface area contributed by atoms with Crippen molar-refractivity contribution in [3.63, 3.8) is 0 Å². The van der Waals surface area contributed by atoms with Crippen LogP contribution in [0.15, 0.2) is 0 Å². The van der Waals surface area contributed by atoms with Gasteiger partial charge in [0.25, 0.3) is 23.6 Å². The van der Waals surface area contributed by atoms with E-state index in [1.807, 2.05) is 0 Å². The number of hydrogen-bond donors (Lipinski definition) is 3. The number of carbonyl (C=O) groups excluding carboxylic acids is 6. The molecule has 0 bridgehead atoms. The van der Waals surface area contributed by atoms with Crippen LogP contribution in [0.3, 0.4) is 0 Å². The molecular formula is C48H84N4O8S2. The van der Waals surface area contributed by atoms with Gasteiger partial charge in [-0.15, -0.1) is 53.3 Å². The van der Waals surface area contributed by atoms with Crippen molar-refractivity contribution in [1.82, 2.24) is 15.4 Å². The van der Waals surface area contributed by atoms with Crippen LogP contribution in [0.2, 0.25) is 0 Å². The smallest absolute Gasteiger partial charge is 0.333 e. The molecular weight excluding hydrogens is 825 g/mol. The normalized spacial score (nSPS) is 15.4. The summed E-state index contributed by atoms with van der Waals surface area (Å²) < 4.78 is 0. The molecule has 2 fully saturated rings. The molecule has 62 heavy (non-hydrogen) atoms. The molecule has 0 aromatic heterocycles. The molecule has 0 aliphatic carbocycles. The first-order valence-corrected chi connectivity index (χ1v) is 25.8. The number of imide groups is 2. The van der Waals surface area contributed by atoms with Crippen LogP contribution in [0.4, 0.5) is 0 Å². The second-order valence-electron chi connectivity index (χ2n) is 15.6. The Morgan fingerprint density at radius 1 is 0.645 bits per heavy atom. The van der Waals surface area contributed by atoms with Gasteiger partial charge in [-0.1, -0.05) is 130 Å². The lowest BCUT2D eigenvalue weighted by molar-refractivity contribution is -0.197. The molecule has 2 rings (SSSR count). The average molecular weight is 909 g/mol. The number of hydroxylamine groups is 4. The molecule has 4 N–H and O–H groups in total. The summed E-state index contributed by atoms with van der Waals surface area (Å²) >= 11 is 2.96. The van der Waals surface area contributed by atoms with Crippen LogP contribution in [0.25, 0.3) is 0 Å². The lowest BCUT2D eigenvalue weighted by atomic mass is 10.1. The number of nitrogens with one attached hydrogen (secondary N) is 1. The fourth-order valence-corrected chi connectivity index (χ4v) is 8.33. The highest BCUT2D eigenvalue weighted by molar-refractivity contribution is 8.00. The number of unbranched alkanes of at least 4 members (excludes halogenated alkanes) is 18. The topological polar surface area (TPSA) is 176 Å². The van der Waals surface area contributed by atoms with Gasteiger partial charge in [-0.3, -0.25) is 29.2 Å². The average Bonchev–Trinajstić information content (AvgIpc) is 3.67. The van der Waals surface area contributed by atoms with Gasteiger partial charge in [-0.05, 0) is 56.6 Å². The van der Waals surface area contributed by atoms with Crippen molar-refractivity contribution in [3.8, 4) is 24.7 Å². The molecule has 0 spiro atoms. The van der Waals surface area contributed by atoms with E-state index in [1.165, 1.54) is 126 Å². The predicted molar refractivity (Wildman–Crippen MR) is 256 cm³/mol. The summed E-state index contributed by atoms with van der Waals surface area (Å²) in [7, 11) is 0. The van der Waals surface area contributed by atoms with Crippen molar-refractivity contribution in [2.45, 2.75) is 218 Å². The Hall–Kier alpha value is -3.04. The van der Waals surface area contributed by atoms with Crippen molar-refractivity contribution in [1.29, 1.82) is 0 Å². The van der Waals surface area contributed by atoms with E-state index in [2.05, 4.69) is 44.9 Å². The number of rotatable bonds is 32. The summed E-state index contributed by atoms with van der Waals surface area (Å²) in [6, 6.07) is 0. The molecule has 12 nitrogen and oxygen atoms in total. The van der Waals surface area contributed by atoms with Gasteiger partial charge >= 0.3 is 5.97 Å². The Balaban J connectivity index is 0. The molecule has 2 aliphatic heterocycles. The molecule has 2 unspecified atom stereocenters. The minimum atomic E-state index is -0.591. The Bertz CT molecular complexity index is 1280. The fourth-order valence-electron chi connectivity index (χ4n) is 6.02. The highest BCUT2D eigenvalue weighted by Crippen LogP contribution is 2.27. The summed E-state index contributed by atoms with van der Waals surface area (Å²) in [5.74, 6) is 4.45. The van der Waals surface area contributed by atoms with Gasteiger partial charge in [0.2, 0.25) is 5.91 Å². The van der Waals surface area contributed by atoms with Crippen LogP contribution in [-0.4, -0.2) is 85.9 Å². The van der Waals surface area contributed by atoms with Gasteiger partial charge < -0.3 is 15.9 Å². The van der Waals surface area contributed by atoms with E-state index in [9.17, 15) is 28.8 Å². The van der Waals surface area contributed by atoms with Crippen LogP contribution in [-0.2, 0) is 33.6 Å². The zero-order valence-electron chi connectivity index (χ0n) is 39.0. The van der Waals surface area contributed by atoms with E-state index >= 15 is 0 Å². The van der Waals surface area contributed by atoms with Crippen LogP contribution >= 0.6 is 23.5 Å². The van der Waals surface area contributed by atoms with Gasteiger partial charge in [0.1, 0.15) is 0 Å². The molecule has 5 amide bonds. The first-order chi connectivity index (χ1) is 30.0. The second-order valence-corrected chi connectivity index (χ2v) is 18.2. The monoisotopic (exact) mass is 909 g/mol. The summed E-state index contributed by atoms with van der Waals surface area (Å²) in [4.78, 5) is 74.0. The third-order valence-corrected chi connectivity index (χ3v) is 12.4. The number of thioether (sulfide) groups is 2. The third kappa shape index (κ3) is 34.4. The third-order valence-electron chi connectivity index (χ3n) is 9.81. The molecule has 0 saturated carbocycles. The predicted octanol–water partition coefficient (Wildman–Crippen LogP) is 10.1. The zero-order valence-corrected chi connectivity index (χ0v) is 40.7. The maximum absolute atomic E-state index is 12.1. The zero-order chi connectivity index (χ0) is 46.6. The van der Waals surface area contributed by atoms with E-state index in [1.54, 1.807) is 0 Å². The van der Waals surface area contributed by atoms with Gasteiger partial charge in [-0.2, -0.15) is 5.06 Å². The molecule has 2 saturated heterocycles. The van der Waals surface area contributed by atoms with E-state index < -0.39 is 34.8 Å². The van der Waals surface area contributed by atoms with Crippen molar-refractivity contribution in [2.75, 3.05) is 24.6 Å². The molecule has 0 aromatic carbocycles. The fraction of sp³-hybridized carbons (Fsp3) is 0.792. The van der Waals surface area contributed by atoms with E-state index in [-0.39, 0.29) is 35.5 Å². The van der Waals surface area contributed by atoms with E-state index in [4.69, 9.17) is 28.6 Å². The SMILES string of the molecule is C#CCCCC(=O)NCCCCCCC.C#CCCCC(=O)ON1C(=O)CC(SCCCCCCC)C1=O.CCCCCCCN.CCCCCCCSC1CC(=O)N(O)C1=O. The Labute approximate surface area is 384 Å². The van der Waals surface area contributed by atoms with Gasteiger partial charge in [0, 0.05) is 32.2 Å². The Kier molecular flexibility index (Phi) is 43.9. The number of nitrogens with two attached hydrogens (primary N) is 1. The quantitative estimate of drug-likeness (QED) is 0.0253. The summed E-state index contributed by atoms with van der Waals surface area (Å²) in [5, 5.41) is 12.1. The Morgan fingerprint density at radius 2 is 1.08 bits per heavy atom. The lowest BCUT2D eigenvalue weighted by Crippen LogP contribution is -2.34. The van der Waals surface area contributed by atoms with Crippen molar-refractivity contribution >= 4 is 59.0 Å². The standard InChI is InChI=1S/C17H25NO4S.C13H23NO.C11H19NO3S.C7H17N/c1-3-5-7-8-10-12-23-14-13-15(19)18(17(14)21)22-16(20)11-9-6-4-2;1-3-5-7-8-10-12-14-13(15)11-9-6-4-2;1-2-3-4-5-6-7-16-9-8-10(13)12(15)11(9)14;1-2-3-4-5-6-7-8/h2,14H,3,5-13H2,1H3;2H,3,5-12H2,1H3,(H,14,15);9,15H,2-8H2,1H3;2-8H2,1H3. The summed E-state index contributed by atoms with van der Waals surface area (Å²) in [6.45, 7) is 10.4. The molecule has 2 heterocycles. The first-order valence-electron chi connectivity index (χ1n) is 23.7. The molecule has 0 radical (unpaired) electrons. The molecule has 2 aliphatic rings. The molecule has 14 heteroatoms. The second kappa shape index (κ2) is 44.6. The minimum absolute atomic E-state index is 0.107. The van der Waals surface area contributed by atoms with Crippen LogP contribution in [0, 0.1) is 24.7 Å². The van der Waals surface area contributed by atoms with Crippen LogP contribution < -0.4 is 11.1 Å². The summed E-state index contributed by atoms with van der Waals surface area (Å²) in [5.41, 5.74) is 5.31. The molecule has 356 valence electrons. The number of amides is 5. The molecule has 0 aromatic rings. The van der Waals surface area contributed by atoms with Crippen molar-refractivity contribution in [3.05, 3.63) is 0 Å². The van der Waals surface area contributed by atoms with Crippen LogP contribution in [0.1, 0.15) is 207 Å². The maximum Gasteiger partial charge on any atom is 0.333 e. The van der Waals surface area contributed by atoms with Gasteiger partial charge in [0.15, 0.2) is 0 Å². The van der Waals surface area contributed by atoms with E-state index in [0.29, 0.717) is 30.7 Å². The first kappa shape index (κ1) is 61.0. The lowest BCUT2D eigenvalue weighted by Gasteiger charge is -2.13. The van der Waals surface area contributed by atoms with E-state index in [0.717, 1.165) is 56.7 Å². The van der Waals surface area contributed by atoms with Gasteiger partial charge in [0.05, 0.1) is 23.3 Å². The highest BCUT2D eigenvalue weighted by atomic mass is 32.2. The van der Waals surface area contributed by atoms with Crippen molar-refractivity contribution in [2.24, 2.45) is 5.73 Å². The number of carbonyl (C=O) groups is 6. The number of terminal acetylenes is 2. The minimum Gasteiger partial charge on any atom is -0.356 e. The van der Waals surface area contributed by atoms with Crippen LogP contribution in [0.5, 0.6) is 0 Å². The van der Waals surface area contributed by atoms with Crippen molar-refractivity contribution < 1.29 is 38.8 Å².